The second-order valence-electron chi connectivity index (χ2n) is 6.26. The molecule has 1 atom stereocenters. The van der Waals surface area contributed by atoms with Gasteiger partial charge < -0.3 is 4.74 Å². The van der Waals surface area contributed by atoms with Crippen molar-refractivity contribution in [3.63, 3.8) is 0 Å². The van der Waals surface area contributed by atoms with E-state index in [0.717, 1.165) is 36.9 Å². The van der Waals surface area contributed by atoms with Crippen LogP contribution in [0, 0.1) is 0 Å². The molecule has 4 nitrogen and oxygen atoms in total. The molecule has 1 aromatic heterocycles. The molecule has 1 aromatic carbocycles. The van der Waals surface area contributed by atoms with Crippen LogP contribution in [0.1, 0.15) is 77.9 Å². The largest absolute Gasteiger partial charge is 0.356 e. The molecule has 2 aromatic rings. The van der Waals surface area contributed by atoms with Gasteiger partial charge in [-0.05, 0) is 31.4 Å². The Balaban J connectivity index is 1.93. The summed E-state index contributed by atoms with van der Waals surface area (Å²) < 4.78 is 8.09. The van der Waals surface area contributed by atoms with Crippen LogP contribution in [0.5, 0.6) is 0 Å². The molecule has 0 radical (unpaired) electrons. The number of unbranched alkanes of at least 4 members (excludes halogenated alkanes) is 6. The molecule has 0 N–H and O–H groups in total. The van der Waals surface area contributed by atoms with Crippen molar-refractivity contribution >= 4 is 11.0 Å². The van der Waals surface area contributed by atoms with E-state index in [9.17, 15) is 0 Å². The highest BCUT2D eigenvalue weighted by molar-refractivity contribution is 5.73. The first kappa shape index (κ1) is 17.9. The highest BCUT2D eigenvalue weighted by Gasteiger charge is 2.15. The fourth-order valence-electron chi connectivity index (χ4n) is 2.84. The molecule has 0 bridgehead atoms. The van der Waals surface area contributed by atoms with Gasteiger partial charge in [0.25, 0.3) is 0 Å². The highest BCUT2D eigenvalue weighted by Crippen LogP contribution is 2.22. The zero-order valence-electron chi connectivity index (χ0n) is 14.7. The molecule has 1 heterocycles. The topological polar surface area (TPSA) is 39.9 Å². The van der Waals surface area contributed by atoms with E-state index in [1.165, 1.54) is 38.5 Å². The molecule has 2 rings (SSSR count). The maximum absolute atomic E-state index is 6.12. The number of para-hydroxylation sites is 1. The predicted octanol–water partition coefficient (Wildman–Crippen LogP) is 5.50. The molecule has 0 aliphatic heterocycles. The van der Waals surface area contributed by atoms with Crippen molar-refractivity contribution in [3.8, 4) is 0 Å². The number of rotatable bonds is 12. The molecule has 23 heavy (non-hydrogen) atoms. The second kappa shape index (κ2) is 10.4. The summed E-state index contributed by atoms with van der Waals surface area (Å²) in [6.07, 6.45) is 11.1. The van der Waals surface area contributed by atoms with Gasteiger partial charge in [0.15, 0.2) is 6.23 Å². The summed E-state index contributed by atoms with van der Waals surface area (Å²) in [5.74, 6) is 0. The Labute approximate surface area is 140 Å². The first-order valence-corrected chi connectivity index (χ1v) is 9.28. The lowest BCUT2D eigenvalue weighted by molar-refractivity contribution is -0.0129. The number of hydrogen-bond acceptors (Lipinski definition) is 3. The minimum atomic E-state index is 0.0140. The van der Waals surface area contributed by atoms with Crippen molar-refractivity contribution in [2.45, 2.75) is 77.9 Å². The number of ether oxygens (including phenoxy) is 1. The molecule has 0 saturated heterocycles. The molecule has 0 spiro atoms. The summed E-state index contributed by atoms with van der Waals surface area (Å²) >= 11 is 0. The van der Waals surface area contributed by atoms with E-state index < -0.39 is 0 Å². The summed E-state index contributed by atoms with van der Waals surface area (Å²) in [4.78, 5) is 0. The molecule has 0 amide bonds. The molecule has 0 saturated carbocycles. The summed E-state index contributed by atoms with van der Waals surface area (Å²) in [5.41, 5.74) is 2.01. The molecular formula is C19H31N3O. The summed E-state index contributed by atoms with van der Waals surface area (Å²) in [5, 5.41) is 8.61. The van der Waals surface area contributed by atoms with Crippen LogP contribution in [-0.4, -0.2) is 21.6 Å². The van der Waals surface area contributed by atoms with Gasteiger partial charge in [0.2, 0.25) is 0 Å². The lowest BCUT2D eigenvalue weighted by Crippen LogP contribution is -2.15. The van der Waals surface area contributed by atoms with Gasteiger partial charge in [-0.25, -0.2) is 4.68 Å². The average Bonchev–Trinajstić information content (AvgIpc) is 3.00. The summed E-state index contributed by atoms with van der Waals surface area (Å²) in [6.45, 7) is 5.25. The monoisotopic (exact) mass is 317 g/mol. The first-order valence-electron chi connectivity index (χ1n) is 9.28. The van der Waals surface area contributed by atoms with Crippen LogP contribution in [0.3, 0.4) is 0 Å². The van der Waals surface area contributed by atoms with Gasteiger partial charge in [0.1, 0.15) is 5.52 Å². The van der Waals surface area contributed by atoms with E-state index in [-0.39, 0.29) is 6.23 Å². The third-order valence-electron chi connectivity index (χ3n) is 4.26. The predicted molar refractivity (Wildman–Crippen MR) is 95.4 cm³/mol. The Morgan fingerprint density at radius 3 is 2.52 bits per heavy atom. The minimum absolute atomic E-state index is 0.0140. The summed E-state index contributed by atoms with van der Waals surface area (Å²) in [7, 11) is 0. The quantitative estimate of drug-likeness (QED) is 0.485. The van der Waals surface area contributed by atoms with Crippen molar-refractivity contribution in [2.24, 2.45) is 0 Å². The average molecular weight is 317 g/mol. The second-order valence-corrected chi connectivity index (χ2v) is 6.26. The van der Waals surface area contributed by atoms with Gasteiger partial charge in [0, 0.05) is 6.61 Å². The standard InChI is InChI=1S/C19H31N3O/c1-3-5-7-8-9-10-15-19(23-16-6-4-2)22-18-14-12-11-13-17(18)20-21-22/h11-14,19H,3-10,15-16H2,1-2H3. The molecule has 128 valence electrons. The van der Waals surface area contributed by atoms with E-state index in [1.54, 1.807) is 0 Å². The van der Waals surface area contributed by atoms with Crippen LogP contribution in [0.4, 0.5) is 0 Å². The van der Waals surface area contributed by atoms with Crippen LogP contribution in [0.2, 0.25) is 0 Å². The number of hydrogen-bond donors (Lipinski definition) is 0. The molecular weight excluding hydrogens is 286 g/mol. The highest BCUT2D eigenvalue weighted by atomic mass is 16.5. The first-order chi connectivity index (χ1) is 11.4. The zero-order valence-corrected chi connectivity index (χ0v) is 14.7. The number of benzene rings is 1. The van der Waals surface area contributed by atoms with Gasteiger partial charge in [-0.15, -0.1) is 5.10 Å². The maximum atomic E-state index is 6.12. The molecule has 1 unspecified atom stereocenters. The van der Waals surface area contributed by atoms with E-state index in [0.29, 0.717) is 0 Å². The summed E-state index contributed by atoms with van der Waals surface area (Å²) in [6, 6.07) is 8.12. The van der Waals surface area contributed by atoms with Gasteiger partial charge in [-0.2, -0.15) is 0 Å². The van der Waals surface area contributed by atoms with Crippen LogP contribution in [0.25, 0.3) is 11.0 Å². The van der Waals surface area contributed by atoms with E-state index in [2.05, 4.69) is 30.2 Å². The Morgan fingerprint density at radius 2 is 1.70 bits per heavy atom. The van der Waals surface area contributed by atoms with Crippen molar-refractivity contribution in [1.29, 1.82) is 0 Å². The SMILES string of the molecule is CCCCCCCCC(OCCCC)n1nnc2ccccc21. The van der Waals surface area contributed by atoms with Gasteiger partial charge >= 0.3 is 0 Å². The Kier molecular flexibility index (Phi) is 8.08. The van der Waals surface area contributed by atoms with Crippen LogP contribution >= 0.6 is 0 Å². The fourth-order valence-corrected chi connectivity index (χ4v) is 2.84. The van der Waals surface area contributed by atoms with Gasteiger partial charge in [-0.1, -0.05) is 69.7 Å². The fraction of sp³-hybridized carbons (Fsp3) is 0.684. The maximum Gasteiger partial charge on any atom is 0.152 e. The number of aromatic nitrogens is 3. The number of nitrogens with zero attached hydrogens (tertiary/aromatic N) is 3. The van der Waals surface area contributed by atoms with Crippen molar-refractivity contribution in [1.82, 2.24) is 15.0 Å². The minimum Gasteiger partial charge on any atom is -0.356 e. The van der Waals surface area contributed by atoms with Crippen molar-refractivity contribution < 1.29 is 4.74 Å². The molecule has 4 heteroatoms. The lowest BCUT2D eigenvalue weighted by atomic mass is 10.1. The number of fused-ring (bicyclic) bond motifs is 1. The van der Waals surface area contributed by atoms with Crippen molar-refractivity contribution in [3.05, 3.63) is 24.3 Å². The molecule has 0 fully saturated rings. The molecule has 0 aliphatic rings. The van der Waals surface area contributed by atoms with E-state index >= 15 is 0 Å². The van der Waals surface area contributed by atoms with Gasteiger partial charge in [0.05, 0.1) is 5.52 Å². The normalized spacial score (nSPS) is 12.8. The van der Waals surface area contributed by atoms with E-state index in [4.69, 9.17) is 4.74 Å². The third-order valence-corrected chi connectivity index (χ3v) is 4.26. The third kappa shape index (κ3) is 5.61. The Hall–Kier alpha value is -1.42. The smallest absolute Gasteiger partial charge is 0.152 e. The Bertz CT molecular complexity index is 552. The van der Waals surface area contributed by atoms with Crippen molar-refractivity contribution in [2.75, 3.05) is 6.61 Å². The van der Waals surface area contributed by atoms with Crippen LogP contribution in [-0.2, 0) is 4.74 Å². The van der Waals surface area contributed by atoms with E-state index in [1.807, 2.05) is 22.9 Å². The molecule has 0 aliphatic carbocycles. The van der Waals surface area contributed by atoms with Gasteiger partial charge in [-0.3, -0.25) is 0 Å². The van der Waals surface area contributed by atoms with Crippen LogP contribution < -0.4 is 0 Å². The van der Waals surface area contributed by atoms with Crippen LogP contribution in [0.15, 0.2) is 24.3 Å². The Morgan fingerprint density at radius 1 is 0.957 bits per heavy atom. The zero-order chi connectivity index (χ0) is 16.3. The lowest BCUT2D eigenvalue weighted by Gasteiger charge is -2.18.